The van der Waals surface area contributed by atoms with Gasteiger partial charge in [0.25, 0.3) is 0 Å². The van der Waals surface area contributed by atoms with Crippen molar-refractivity contribution in [1.82, 2.24) is 24.6 Å². The van der Waals surface area contributed by atoms with Crippen LogP contribution in [-0.4, -0.2) is 70.0 Å². The lowest BCUT2D eigenvalue weighted by atomic mass is 10.1. The van der Waals surface area contributed by atoms with Crippen LogP contribution in [0.1, 0.15) is 0 Å². The Kier molecular flexibility index (Phi) is 7.15. The predicted molar refractivity (Wildman–Crippen MR) is 138 cm³/mol. The van der Waals surface area contributed by atoms with Crippen molar-refractivity contribution in [2.24, 2.45) is 0 Å². The van der Waals surface area contributed by atoms with E-state index in [1.54, 1.807) is 10.9 Å². The van der Waals surface area contributed by atoms with E-state index in [1.165, 1.54) is 12.4 Å². The van der Waals surface area contributed by atoms with Crippen LogP contribution < -0.4 is 15.4 Å². The summed E-state index contributed by atoms with van der Waals surface area (Å²) in [4.78, 5) is 23.3. The average Bonchev–Trinajstić information content (AvgIpc) is 3.45. The second-order valence-electron chi connectivity index (χ2n) is 8.21. The molecule has 2 aromatic carbocycles. The minimum absolute atomic E-state index is 0.328. The molecule has 0 saturated carbocycles. The Labute approximate surface area is 208 Å². The van der Waals surface area contributed by atoms with Crippen LogP contribution in [-0.2, 0) is 9.53 Å². The molecule has 3 heterocycles. The first-order valence-corrected chi connectivity index (χ1v) is 11.7. The van der Waals surface area contributed by atoms with Gasteiger partial charge in [0.15, 0.2) is 0 Å². The van der Waals surface area contributed by atoms with Crippen molar-refractivity contribution >= 4 is 34.0 Å². The van der Waals surface area contributed by atoms with Crippen molar-refractivity contribution in [2.45, 2.75) is 0 Å². The van der Waals surface area contributed by atoms with Crippen LogP contribution in [0.25, 0.3) is 16.6 Å². The smallest absolute Gasteiger partial charge is 0.247 e. The molecule has 1 fully saturated rings. The second kappa shape index (κ2) is 11.0. The molecule has 184 valence electrons. The molecule has 4 aromatic rings. The molecule has 0 spiro atoms. The SMILES string of the molecule is C=CC(=O)Nc1cc2c(Nc3cccc(-n4cccn4)c3)ncnc2cc1OCCN1CCOCC1. The standard InChI is InChI=1S/C26H27N7O3/c1-2-25(34)31-23-16-21-22(17-24(23)36-14-11-32-9-12-35-13-10-32)27-18-28-26(21)30-19-5-3-6-20(15-19)33-8-4-7-29-33/h2-8,15-18H,1,9-14H2,(H,31,34)(H,27,28,30). The van der Waals surface area contributed by atoms with Crippen LogP contribution in [0.15, 0.2) is 73.8 Å². The maximum Gasteiger partial charge on any atom is 0.247 e. The zero-order valence-electron chi connectivity index (χ0n) is 19.8. The van der Waals surface area contributed by atoms with Crippen LogP contribution in [0.2, 0.25) is 0 Å². The molecular formula is C26H27N7O3. The molecule has 5 rings (SSSR count). The zero-order valence-corrected chi connectivity index (χ0v) is 19.8. The number of rotatable bonds is 9. The van der Waals surface area contributed by atoms with Gasteiger partial charge in [0.05, 0.1) is 30.1 Å². The fraction of sp³-hybridized carbons (Fsp3) is 0.231. The number of hydrogen-bond acceptors (Lipinski definition) is 8. The first-order valence-electron chi connectivity index (χ1n) is 11.7. The van der Waals surface area contributed by atoms with E-state index >= 15 is 0 Å². The maximum absolute atomic E-state index is 12.2. The van der Waals surface area contributed by atoms with Gasteiger partial charge in [-0.05, 0) is 36.4 Å². The molecule has 0 radical (unpaired) electrons. The number of ether oxygens (including phenoxy) is 2. The second-order valence-corrected chi connectivity index (χ2v) is 8.21. The number of nitrogens with one attached hydrogen (secondary N) is 2. The number of hydrogen-bond donors (Lipinski definition) is 2. The summed E-state index contributed by atoms with van der Waals surface area (Å²) in [6.07, 6.45) is 6.34. The van der Waals surface area contributed by atoms with E-state index in [2.05, 4.69) is 37.2 Å². The summed E-state index contributed by atoms with van der Waals surface area (Å²) in [7, 11) is 0. The Bertz CT molecular complexity index is 1350. The molecule has 0 bridgehead atoms. The van der Waals surface area contributed by atoms with Crippen molar-refractivity contribution in [1.29, 1.82) is 0 Å². The summed E-state index contributed by atoms with van der Waals surface area (Å²) in [5, 5.41) is 11.2. The lowest BCUT2D eigenvalue weighted by Gasteiger charge is -2.26. The van der Waals surface area contributed by atoms with E-state index in [1.807, 2.05) is 48.7 Å². The Hall–Kier alpha value is -4.28. The van der Waals surface area contributed by atoms with Gasteiger partial charge in [-0.2, -0.15) is 5.10 Å². The largest absolute Gasteiger partial charge is 0.490 e. The summed E-state index contributed by atoms with van der Waals surface area (Å²) in [6.45, 7) is 8.01. The van der Waals surface area contributed by atoms with E-state index < -0.39 is 0 Å². The summed E-state index contributed by atoms with van der Waals surface area (Å²) in [5.74, 6) is 0.813. The molecule has 1 amide bonds. The molecule has 0 atom stereocenters. The Morgan fingerprint density at radius 2 is 2.06 bits per heavy atom. The van der Waals surface area contributed by atoms with E-state index in [9.17, 15) is 4.79 Å². The fourth-order valence-electron chi connectivity index (χ4n) is 3.98. The number of carbonyl (C=O) groups excluding carboxylic acids is 1. The summed E-state index contributed by atoms with van der Waals surface area (Å²) in [5.41, 5.74) is 2.97. The fourth-order valence-corrected chi connectivity index (χ4v) is 3.98. The third-order valence-electron chi connectivity index (χ3n) is 5.83. The Morgan fingerprint density at radius 1 is 1.17 bits per heavy atom. The number of anilines is 3. The quantitative estimate of drug-likeness (QED) is 0.348. The highest BCUT2D eigenvalue weighted by atomic mass is 16.5. The van der Waals surface area contributed by atoms with Crippen LogP contribution in [0, 0.1) is 0 Å². The lowest BCUT2D eigenvalue weighted by Crippen LogP contribution is -2.38. The van der Waals surface area contributed by atoms with Crippen molar-refractivity contribution in [3.05, 3.63) is 73.8 Å². The number of fused-ring (bicyclic) bond motifs is 1. The number of aromatic nitrogens is 4. The van der Waals surface area contributed by atoms with Crippen molar-refractivity contribution < 1.29 is 14.3 Å². The topological polar surface area (TPSA) is 106 Å². The Morgan fingerprint density at radius 3 is 2.86 bits per heavy atom. The molecule has 1 saturated heterocycles. The van der Waals surface area contributed by atoms with E-state index in [0.717, 1.165) is 49.6 Å². The lowest BCUT2D eigenvalue weighted by molar-refractivity contribution is -0.111. The predicted octanol–water partition coefficient (Wildman–Crippen LogP) is 3.39. The van der Waals surface area contributed by atoms with Crippen LogP contribution in [0.3, 0.4) is 0 Å². The molecule has 0 unspecified atom stereocenters. The van der Waals surface area contributed by atoms with Crippen molar-refractivity contribution in [3.63, 3.8) is 0 Å². The number of amides is 1. The summed E-state index contributed by atoms with van der Waals surface area (Å²) < 4.78 is 13.3. The average molecular weight is 486 g/mol. The highest BCUT2D eigenvalue weighted by molar-refractivity contribution is 6.03. The van der Waals surface area contributed by atoms with Crippen LogP contribution in [0.4, 0.5) is 17.2 Å². The highest BCUT2D eigenvalue weighted by Gasteiger charge is 2.15. The highest BCUT2D eigenvalue weighted by Crippen LogP contribution is 2.33. The normalized spacial score (nSPS) is 13.9. The molecule has 2 N–H and O–H groups in total. The van der Waals surface area contributed by atoms with Gasteiger partial charge in [0.2, 0.25) is 5.91 Å². The zero-order chi connectivity index (χ0) is 24.7. The van der Waals surface area contributed by atoms with Crippen LogP contribution in [0.5, 0.6) is 5.75 Å². The molecule has 2 aromatic heterocycles. The molecule has 0 aliphatic carbocycles. The summed E-state index contributed by atoms with van der Waals surface area (Å²) >= 11 is 0. The third-order valence-corrected chi connectivity index (χ3v) is 5.83. The minimum atomic E-state index is -0.328. The van der Waals surface area contributed by atoms with Gasteiger partial charge in [-0.1, -0.05) is 12.6 Å². The number of nitrogens with zero attached hydrogens (tertiary/aromatic N) is 5. The van der Waals surface area contributed by atoms with Gasteiger partial charge in [0.1, 0.15) is 24.5 Å². The van der Waals surface area contributed by atoms with Gasteiger partial charge in [-0.25, -0.2) is 14.6 Å². The van der Waals surface area contributed by atoms with Gasteiger partial charge in [-0.15, -0.1) is 0 Å². The van der Waals surface area contributed by atoms with Gasteiger partial charge >= 0.3 is 0 Å². The minimum Gasteiger partial charge on any atom is -0.490 e. The molecule has 1 aliphatic rings. The van der Waals surface area contributed by atoms with E-state index in [0.29, 0.717) is 29.4 Å². The molecule has 36 heavy (non-hydrogen) atoms. The van der Waals surface area contributed by atoms with Gasteiger partial charge in [0, 0.05) is 49.2 Å². The Balaban J connectivity index is 1.42. The number of carbonyl (C=O) groups is 1. The third kappa shape index (κ3) is 5.51. The van der Waals surface area contributed by atoms with Crippen LogP contribution >= 0.6 is 0 Å². The van der Waals surface area contributed by atoms with Crippen molar-refractivity contribution in [2.75, 3.05) is 50.1 Å². The first-order chi connectivity index (χ1) is 17.7. The van der Waals surface area contributed by atoms with Gasteiger partial charge in [-0.3, -0.25) is 9.69 Å². The maximum atomic E-state index is 12.2. The molecule has 1 aliphatic heterocycles. The van der Waals surface area contributed by atoms with E-state index in [4.69, 9.17) is 9.47 Å². The van der Waals surface area contributed by atoms with E-state index in [-0.39, 0.29) is 5.91 Å². The number of benzene rings is 2. The van der Waals surface area contributed by atoms with Gasteiger partial charge < -0.3 is 20.1 Å². The number of morpholine rings is 1. The van der Waals surface area contributed by atoms with Crippen molar-refractivity contribution in [3.8, 4) is 11.4 Å². The molecule has 10 nitrogen and oxygen atoms in total. The monoisotopic (exact) mass is 485 g/mol. The first kappa shape index (κ1) is 23.5. The molecule has 10 heteroatoms. The summed E-state index contributed by atoms with van der Waals surface area (Å²) in [6, 6.07) is 13.4. The molecular weight excluding hydrogens is 458 g/mol.